The highest BCUT2D eigenvalue weighted by atomic mass is 16.5. The Hall–Kier alpha value is -1.88. The minimum absolute atomic E-state index is 0.0345. The number of carbonyl (C=O) groups excluding carboxylic acids is 2. The van der Waals surface area contributed by atoms with Crippen LogP contribution in [0.5, 0.6) is 0 Å². The van der Waals surface area contributed by atoms with Crippen molar-refractivity contribution in [1.82, 2.24) is 10.2 Å². The van der Waals surface area contributed by atoms with Crippen molar-refractivity contribution in [1.29, 1.82) is 0 Å². The molecular weight excluding hydrogens is 268 g/mol. The zero-order valence-electron chi connectivity index (χ0n) is 13.2. The molecule has 0 radical (unpaired) electrons. The van der Waals surface area contributed by atoms with Crippen LogP contribution in [-0.2, 0) is 14.3 Å². The highest BCUT2D eigenvalue weighted by molar-refractivity contribution is 5.78. The lowest BCUT2D eigenvalue weighted by Crippen LogP contribution is -2.37. The fourth-order valence-corrected chi connectivity index (χ4v) is 2.15. The number of rotatable bonds is 7. The van der Waals surface area contributed by atoms with E-state index in [9.17, 15) is 9.59 Å². The smallest absolute Gasteiger partial charge is 0.306 e. The van der Waals surface area contributed by atoms with Gasteiger partial charge in [-0.05, 0) is 32.0 Å². The summed E-state index contributed by atoms with van der Waals surface area (Å²) < 4.78 is 4.57. The molecule has 1 aromatic carbocycles. The Kier molecular flexibility index (Phi) is 6.88. The van der Waals surface area contributed by atoms with E-state index in [2.05, 4.69) is 10.1 Å². The molecule has 1 rings (SSSR count). The second-order valence-electron chi connectivity index (χ2n) is 5.21. The van der Waals surface area contributed by atoms with Crippen LogP contribution in [0.2, 0.25) is 0 Å². The molecule has 0 aliphatic heterocycles. The molecule has 0 aromatic heterocycles. The number of nitrogens with zero attached hydrogens (tertiary/aromatic N) is 1. The van der Waals surface area contributed by atoms with E-state index in [0.717, 1.165) is 11.1 Å². The van der Waals surface area contributed by atoms with Gasteiger partial charge in [-0.2, -0.15) is 0 Å². The highest BCUT2D eigenvalue weighted by Crippen LogP contribution is 2.16. The third-order valence-corrected chi connectivity index (χ3v) is 3.37. The fraction of sp³-hybridized carbons (Fsp3) is 0.500. The van der Waals surface area contributed by atoms with Gasteiger partial charge >= 0.3 is 5.97 Å². The lowest BCUT2D eigenvalue weighted by molar-refractivity contribution is -0.141. The molecule has 116 valence electrons. The van der Waals surface area contributed by atoms with E-state index in [0.29, 0.717) is 6.54 Å². The van der Waals surface area contributed by atoms with Gasteiger partial charge in [-0.15, -0.1) is 0 Å². The summed E-state index contributed by atoms with van der Waals surface area (Å²) in [7, 11) is 3.17. The fourth-order valence-electron chi connectivity index (χ4n) is 2.15. The van der Waals surface area contributed by atoms with E-state index in [1.807, 2.05) is 38.1 Å². The molecule has 0 saturated heterocycles. The maximum atomic E-state index is 12.0. The molecule has 5 nitrogen and oxygen atoms in total. The van der Waals surface area contributed by atoms with Gasteiger partial charge in [0.05, 0.1) is 26.1 Å². The Morgan fingerprint density at radius 3 is 2.62 bits per heavy atom. The minimum atomic E-state index is -0.268. The minimum Gasteiger partial charge on any atom is -0.469 e. The molecule has 0 bridgehead atoms. The monoisotopic (exact) mass is 292 g/mol. The Morgan fingerprint density at radius 1 is 1.33 bits per heavy atom. The number of likely N-dealkylation sites (N-methyl/N-ethyl adjacent to an activating group) is 1. The average Bonchev–Trinajstić information content (AvgIpc) is 2.44. The Morgan fingerprint density at radius 2 is 2.00 bits per heavy atom. The van der Waals surface area contributed by atoms with E-state index in [-0.39, 0.29) is 30.9 Å². The summed E-state index contributed by atoms with van der Waals surface area (Å²) >= 11 is 0. The molecule has 1 amide bonds. The van der Waals surface area contributed by atoms with Crippen molar-refractivity contribution >= 4 is 11.9 Å². The first kappa shape index (κ1) is 17.2. The van der Waals surface area contributed by atoms with Gasteiger partial charge in [-0.3, -0.25) is 14.5 Å². The van der Waals surface area contributed by atoms with Crippen LogP contribution in [0.4, 0.5) is 0 Å². The second-order valence-corrected chi connectivity index (χ2v) is 5.21. The number of amides is 1. The molecule has 0 saturated carbocycles. The predicted molar refractivity (Wildman–Crippen MR) is 81.9 cm³/mol. The van der Waals surface area contributed by atoms with E-state index < -0.39 is 0 Å². The van der Waals surface area contributed by atoms with Crippen molar-refractivity contribution in [3.8, 4) is 0 Å². The molecule has 0 aliphatic rings. The molecule has 0 spiro atoms. The summed E-state index contributed by atoms with van der Waals surface area (Å²) in [4.78, 5) is 24.8. The van der Waals surface area contributed by atoms with Gasteiger partial charge < -0.3 is 10.1 Å². The lowest BCUT2D eigenvalue weighted by Gasteiger charge is -2.20. The number of hydrogen-bond donors (Lipinski definition) is 1. The summed E-state index contributed by atoms with van der Waals surface area (Å²) in [6, 6.07) is 7.95. The number of esters is 1. The Bertz CT molecular complexity index is 488. The first-order valence-corrected chi connectivity index (χ1v) is 7.04. The van der Waals surface area contributed by atoms with Gasteiger partial charge in [-0.25, -0.2) is 0 Å². The molecule has 0 fully saturated rings. The van der Waals surface area contributed by atoms with E-state index in [4.69, 9.17) is 0 Å². The molecule has 21 heavy (non-hydrogen) atoms. The topological polar surface area (TPSA) is 58.6 Å². The third-order valence-electron chi connectivity index (χ3n) is 3.37. The number of hydrogen-bond acceptors (Lipinski definition) is 4. The van der Waals surface area contributed by atoms with E-state index in [1.165, 1.54) is 7.11 Å². The van der Waals surface area contributed by atoms with Crippen molar-refractivity contribution in [3.05, 3.63) is 35.4 Å². The lowest BCUT2D eigenvalue weighted by atomic mass is 10.0. The van der Waals surface area contributed by atoms with Gasteiger partial charge in [-0.1, -0.05) is 24.3 Å². The predicted octanol–water partition coefficient (Wildman–Crippen LogP) is 1.67. The standard InChI is InChI=1S/C16H24N2O3/c1-12-7-5-6-8-14(12)13(2)17-15(19)11-18(3)10-9-16(20)21-4/h5-8,13H,9-11H2,1-4H3,(H,17,19). The summed E-state index contributed by atoms with van der Waals surface area (Å²) in [5.74, 6) is -0.325. The summed E-state index contributed by atoms with van der Waals surface area (Å²) in [5.41, 5.74) is 2.27. The van der Waals surface area contributed by atoms with Crippen LogP contribution in [0.1, 0.15) is 30.5 Å². The summed E-state index contributed by atoms with van der Waals surface area (Å²) in [5, 5.41) is 2.97. The van der Waals surface area contributed by atoms with Crippen LogP contribution in [0.3, 0.4) is 0 Å². The van der Waals surface area contributed by atoms with Gasteiger partial charge in [0.2, 0.25) is 5.91 Å². The highest BCUT2D eigenvalue weighted by Gasteiger charge is 2.13. The van der Waals surface area contributed by atoms with Crippen molar-refractivity contribution in [2.45, 2.75) is 26.3 Å². The first-order valence-electron chi connectivity index (χ1n) is 7.04. The number of ether oxygens (including phenoxy) is 1. The van der Waals surface area contributed by atoms with Crippen LogP contribution in [0.15, 0.2) is 24.3 Å². The molecule has 1 aromatic rings. The van der Waals surface area contributed by atoms with Crippen LogP contribution in [0.25, 0.3) is 0 Å². The summed E-state index contributed by atoms with van der Waals surface area (Å²) in [6.07, 6.45) is 0.285. The molecular formula is C16H24N2O3. The SMILES string of the molecule is COC(=O)CCN(C)CC(=O)NC(C)c1ccccc1C. The van der Waals surface area contributed by atoms with E-state index >= 15 is 0 Å². The zero-order valence-corrected chi connectivity index (χ0v) is 13.2. The quantitative estimate of drug-likeness (QED) is 0.777. The van der Waals surface area contributed by atoms with Crippen molar-refractivity contribution < 1.29 is 14.3 Å². The number of nitrogens with one attached hydrogen (secondary N) is 1. The number of methoxy groups -OCH3 is 1. The largest absolute Gasteiger partial charge is 0.469 e. The first-order chi connectivity index (χ1) is 9.93. The normalized spacial score (nSPS) is 12.0. The van der Waals surface area contributed by atoms with Crippen LogP contribution in [-0.4, -0.2) is 44.0 Å². The molecule has 1 unspecified atom stereocenters. The van der Waals surface area contributed by atoms with Crippen molar-refractivity contribution in [3.63, 3.8) is 0 Å². The van der Waals surface area contributed by atoms with Gasteiger partial charge in [0.15, 0.2) is 0 Å². The Balaban J connectivity index is 2.43. The van der Waals surface area contributed by atoms with Crippen LogP contribution < -0.4 is 5.32 Å². The van der Waals surface area contributed by atoms with Crippen LogP contribution in [0, 0.1) is 6.92 Å². The average molecular weight is 292 g/mol. The maximum Gasteiger partial charge on any atom is 0.306 e. The number of carbonyl (C=O) groups is 2. The van der Waals surface area contributed by atoms with Crippen molar-refractivity contribution in [2.24, 2.45) is 0 Å². The molecule has 1 atom stereocenters. The maximum absolute atomic E-state index is 12.0. The summed E-state index contributed by atoms with van der Waals surface area (Å²) in [6.45, 7) is 4.75. The van der Waals surface area contributed by atoms with Gasteiger partial charge in [0.25, 0.3) is 0 Å². The third kappa shape index (κ3) is 5.95. The van der Waals surface area contributed by atoms with E-state index in [1.54, 1.807) is 11.9 Å². The number of benzene rings is 1. The Labute approximate surface area is 126 Å². The van der Waals surface area contributed by atoms with Crippen molar-refractivity contribution in [2.75, 3.05) is 27.2 Å². The van der Waals surface area contributed by atoms with Gasteiger partial charge in [0.1, 0.15) is 0 Å². The zero-order chi connectivity index (χ0) is 15.8. The second kappa shape index (κ2) is 8.42. The van der Waals surface area contributed by atoms with Gasteiger partial charge in [0, 0.05) is 6.54 Å². The molecule has 0 aliphatic carbocycles. The number of aryl methyl sites for hydroxylation is 1. The molecule has 0 heterocycles. The molecule has 1 N–H and O–H groups in total. The molecule has 5 heteroatoms. The van der Waals surface area contributed by atoms with Crippen LogP contribution >= 0.6 is 0 Å².